The summed E-state index contributed by atoms with van der Waals surface area (Å²) in [6.45, 7) is 0. The van der Waals surface area contributed by atoms with Crippen LogP contribution in [0.4, 0.5) is 0 Å². The predicted molar refractivity (Wildman–Crippen MR) is 106 cm³/mol. The highest BCUT2D eigenvalue weighted by molar-refractivity contribution is 7.21. The second-order valence-corrected chi connectivity index (χ2v) is 7.00. The highest BCUT2D eigenvalue weighted by Gasteiger charge is 2.22. The lowest BCUT2D eigenvalue weighted by Gasteiger charge is -2.05. The maximum Gasteiger partial charge on any atom is 0.147 e. The van der Waals surface area contributed by atoms with E-state index in [9.17, 15) is 0 Å². The maximum atomic E-state index is 4.96. The monoisotopic (exact) mass is 370 g/mol. The first-order chi connectivity index (χ1) is 13.3. The third kappa shape index (κ3) is 2.69. The largest absolute Gasteiger partial charge is 0.325 e. The van der Waals surface area contributed by atoms with Gasteiger partial charge >= 0.3 is 0 Å². The Morgan fingerprint density at radius 2 is 1.70 bits per heavy atom. The van der Waals surface area contributed by atoms with Gasteiger partial charge in [0, 0.05) is 30.6 Å². The number of hydrogen-bond donors (Lipinski definition) is 0. The lowest BCUT2D eigenvalue weighted by molar-refractivity contribution is 0.931. The Hall–Kier alpha value is -3.45. The number of thiazole rings is 1. The van der Waals surface area contributed by atoms with Gasteiger partial charge in [0.1, 0.15) is 33.2 Å². The van der Waals surface area contributed by atoms with Gasteiger partial charge in [0.25, 0.3) is 0 Å². The molecule has 0 aliphatic carbocycles. The Morgan fingerprint density at radius 3 is 2.48 bits per heavy atom. The van der Waals surface area contributed by atoms with Gasteiger partial charge in [0.05, 0.1) is 11.9 Å². The number of benzene rings is 1. The molecule has 0 fully saturated rings. The van der Waals surface area contributed by atoms with Crippen molar-refractivity contribution in [3.8, 4) is 33.3 Å². The van der Waals surface area contributed by atoms with E-state index < -0.39 is 0 Å². The van der Waals surface area contributed by atoms with Crippen LogP contribution in [0, 0.1) is 0 Å². The molecule has 0 bridgehead atoms. The zero-order valence-electron chi connectivity index (χ0n) is 14.4. The lowest BCUT2D eigenvalue weighted by Crippen LogP contribution is -1.95. The van der Waals surface area contributed by atoms with Crippen molar-refractivity contribution in [1.29, 1.82) is 0 Å². The van der Waals surface area contributed by atoms with E-state index >= 15 is 0 Å². The molecule has 4 aromatic heterocycles. The fourth-order valence-corrected chi connectivity index (χ4v) is 4.05. The molecular formula is C20H14N6S. The van der Waals surface area contributed by atoms with Crippen molar-refractivity contribution < 1.29 is 0 Å². The topological polar surface area (TPSA) is 69.4 Å². The van der Waals surface area contributed by atoms with Crippen molar-refractivity contribution in [2.75, 3.05) is 0 Å². The number of imidazole rings is 1. The third-order valence-electron chi connectivity index (χ3n) is 4.36. The summed E-state index contributed by atoms with van der Waals surface area (Å²) >= 11 is 1.55. The summed E-state index contributed by atoms with van der Waals surface area (Å²) in [7, 11) is 2.02. The molecule has 0 amide bonds. The molecule has 1 aromatic carbocycles. The molecule has 0 saturated heterocycles. The van der Waals surface area contributed by atoms with E-state index in [0.717, 1.165) is 43.7 Å². The second kappa shape index (κ2) is 6.37. The van der Waals surface area contributed by atoms with Crippen LogP contribution in [0.5, 0.6) is 0 Å². The molecule has 4 heterocycles. The van der Waals surface area contributed by atoms with E-state index in [1.807, 2.05) is 37.4 Å². The minimum absolute atomic E-state index is 0.795. The summed E-state index contributed by atoms with van der Waals surface area (Å²) in [5.74, 6) is 0.872. The maximum absolute atomic E-state index is 4.96. The molecule has 5 aromatic rings. The van der Waals surface area contributed by atoms with Gasteiger partial charge in [-0.15, -0.1) is 0 Å². The Labute approximate surface area is 159 Å². The summed E-state index contributed by atoms with van der Waals surface area (Å²) < 4.78 is 2.09. The second-order valence-electron chi connectivity index (χ2n) is 6.03. The number of pyridine rings is 1. The molecule has 27 heavy (non-hydrogen) atoms. The van der Waals surface area contributed by atoms with Crippen LogP contribution in [0.2, 0.25) is 0 Å². The Balaban J connectivity index is 1.79. The highest BCUT2D eigenvalue weighted by Crippen LogP contribution is 2.38. The molecule has 0 radical (unpaired) electrons. The summed E-state index contributed by atoms with van der Waals surface area (Å²) in [5.41, 5.74) is 4.72. The first-order valence-corrected chi connectivity index (χ1v) is 9.22. The van der Waals surface area contributed by atoms with Gasteiger partial charge in [-0.3, -0.25) is 4.98 Å². The standard InChI is InChI=1S/C20H14N6S/c1-26-17(20-24-15-11-22-12-23-19(15)27-20)16(13-5-3-2-4-6-13)25-18(26)14-7-9-21-10-8-14/h2-12H,1H3. The Kier molecular flexibility index (Phi) is 3.72. The number of aromatic nitrogens is 6. The molecule has 0 unspecified atom stereocenters. The quantitative estimate of drug-likeness (QED) is 0.476. The fraction of sp³-hybridized carbons (Fsp3) is 0.0500. The molecule has 130 valence electrons. The van der Waals surface area contributed by atoms with E-state index in [1.165, 1.54) is 0 Å². The predicted octanol–water partition coefficient (Wildman–Crippen LogP) is 4.22. The van der Waals surface area contributed by atoms with Gasteiger partial charge in [0.15, 0.2) is 0 Å². The summed E-state index contributed by atoms with van der Waals surface area (Å²) in [5, 5.41) is 0.875. The molecule has 0 aliphatic rings. The van der Waals surface area contributed by atoms with Crippen molar-refractivity contribution in [3.63, 3.8) is 0 Å². The van der Waals surface area contributed by atoms with Gasteiger partial charge in [-0.2, -0.15) is 0 Å². The van der Waals surface area contributed by atoms with Gasteiger partial charge in [-0.1, -0.05) is 41.7 Å². The minimum Gasteiger partial charge on any atom is -0.325 e. The number of hydrogen-bond acceptors (Lipinski definition) is 6. The number of nitrogens with zero attached hydrogens (tertiary/aromatic N) is 6. The number of rotatable bonds is 3. The first kappa shape index (κ1) is 15.8. The smallest absolute Gasteiger partial charge is 0.147 e. The average molecular weight is 370 g/mol. The summed E-state index contributed by atoms with van der Waals surface area (Å²) in [4.78, 5) is 23.1. The zero-order chi connectivity index (χ0) is 18.2. The summed E-state index contributed by atoms with van der Waals surface area (Å²) in [6.07, 6.45) is 6.84. The molecule has 0 aliphatic heterocycles. The molecule has 5 rings (SSSR count). The van der Waals surface area contributed by atoms with E-state index in [2.05, 4.69) is 31.7 Å². The van der Waals surface area contributed by atoms with Crippen LogP contribution in [0.1, 0.15) is 0 Å². The fourth-order valence-electron chi connectivity index (χ4n) is 3.09. The normalized spacial score (nSPS) is 11.1. The van der Waals surface area contributed by atoms with Crippen molar-refractivity contribution in [3.05, 3.63) is 67.4 Å². The Bertz CT molecular complexity index is 1190. The highest BCUT2D eigenvalue weighted by atomic mass is 32.1. The van der Waals surface area contributed by atoms with Gasteiger partial charge in [-0.05, 0) is 12.1 Å². The lowest BCUT2D eigenvalue weighted by atomic mass is 10.1. The van der Waals surface area contributed by atoms with Crippen molar-refractivity contribution in [1.82, 2.24) is 29.5 Å². The van der Waals surface area contributed by atoms with Crippen LogP contribution in [-0.4, -0.2) is 29.5 Å². The molecule has 0 N–H and O–H groups in total. The SMILES string of the molecule is Cn1c(-c2ccncc2)nc(-c2ccccc2)c1-c1nc2cncnc2s1. The van der Waals surface area contributed by atoms with E-state index in [-0.39, 0.29) is 0 Å². The van der Waals surface area contributed by atoms with E-state index in [0.29, 0.717) is 0 Å². The van der Waals surface area contributed by atoms with Crippen LogP contribution in [0.3, 0.4) is 0 Å². The minimum atomic E-state index is 0.795. The van der Waals surface area contributed by atoms with Crippen LogP contribution >= 0.6 is 11.3 Å². The van der Waals surface area contributed by atoms with Crippen molar-refractivity contribution in [2.45, 2.75) is 0 Å². The van der Waals surface area contributed by atoms with Crippen LogP contribution < -0.4 is 0 Å². The Morgan fingerprint density at radius 1 is 0.889 bits per heavy atom. The number of fused-ring (bicyclic) bond motifs is 1. The molecule has 6 nitrogen and oxygen atoms in total. The van der Waals surface area contributed by atoms with Gasteiger partial charge < -0.3 is 4.57 Å². The first-order valence-electron chi connectivity index (χ1n) is 8.41. The third-order valence-corrected chi connectivity index (χ3v) is 5.34. The van der Waals surface area contributed by atoms with Crippen molar-refractivity contribution in [2.24, 2.45) is 7.05 Å². The van der Waals surface area contributed by atoms with Crippen molar-refractivity contribution >= 4 is 21.7 Å². The van der Waals surface area contributed by atoms with Gasteiger partial charge in [-0.25, -0.2) is 19.9 Å². The van der Waals surface area contributed by atoms with E-state index in [1.54, 1.807) is 36.3 Å². The zero-order valence-corrected chi connectivity index (χ0v) is 15.3. The average Bonchev–Trinajstić information content (AvgIpc) is 3.30. The van der Waals surface area contributed by atoms with Crippen LogP contribution in [0.25, 0.3) is 43.7 Å². The molecule has 0 spiro atoms. The molecule has 0 atom stereocenters. The molecular weight excluding hydrogens is 356 g/mol. The molecule has 0 saturated carbocycles. The van der Waals surface area contributed by atoms with E-state index in [4.69, 9.17) is 9.97 Å². The summed E-state index contributed by atoms with van der Waals surface area (Å²) in [6, 6.07) is 14.1. The molecule has 7 heteroatoms. The van der Waals surface area contributed by atoms with Crippen LogP contribution in [-0.2, 0) is 7.05 Å². The van der Waals surface area contributed by atoms with Crippen LogP contribution in [0.15, 0.2) is 67.4 Å². The van der Waals surface area contributed by atoms with Gasteiger partial charge in [0.2, 0.25) is 0 Å².